The Hall–Kier alpha value is -4.09. The summed E-state index contributed by atoms with van der Waals surface area (Å²) in [7, 11) is 1.75. The molecular weight excluding hydrogens is 514 g/mol. The molecule has 7 nitrogen and oxygen atoms in total. The molecule has 39 heavy (non-hydrogen) atoms. The summed E-state index contributed by atoms with van der Waals surface area (Å²) in [5.74, 6) is 0.0991. The lowest BCUT2D eigenvalue weighted by Crippen LogP contribution is -2.35. The second kappa shape index (κ2) is 9.90. The number of oxazole rings is 1. The van der Waals surface area contributed by atoms with E-state index in [4.69, 9.17) is 9.15 Å². The van der Waals surface area contributed by atoms with Gasteiger partial charge in [-0.25, -0.2) is 9.37 Å². The fourth-order valence-electron chi connectivity index (χ4n) is 4.83. The Balaban J connectivity index is 1.42. The van der Waals surface area contributed by atoms with E-state index in [9.17, 15) is 17.6 Å². The van der Waals surface area contributed by atoms with E-state index >= 15 is 0 Å². The molecule has 1 saturated heterocycles. The number of ether oxygens (including phenoxy) is 1. The standard InChI is InChI=1S/C28H23F4N5O2/c1-36-16-33-35-26(36)22-14-20(29)5-6-21(22)18-3-2-4-19(13-18)27-34-24-12-17(15-37-7-9-38-10-8-37)11-23(25(24)39-27)28(30,31)32/h2-6,11-14,16H,7-10,15H2,1H3. The normalized spacial score (nSPS) is 14.8. The fraction of sp³-hybridized carbons (Fsp3) is 0.250. The van der Waals surface area contributed by atoms with Crippen LogP contribution in [0.15, 0.2) is 65.3 Å². The molecule has 3 aromatic carbocycles. The number of hydrogen-bond donors (Lipinski definition) is 0. The SMILES string of the molecule is Cn1cnnc1-c1cc(F)ccc1-c1cccc(-c2nc3cc(CN4CCOCC4)cc(C(F)(F)F)c3o2)c1. The highest BCUT2D eigenvalue weighted by atomic mass is 19.4. The Kier molecular flexibility index (Phi) is 6.40. The lowest BCUT2D eigenvalue weighted by molar-refractivity contribution is -0.136. The minimum atomic E-state index is -4.61. The van der Waals surface area contributed by atoms with Crippen LogP contribution in [0.4, 0.5) is 17.6 Å². The molecule has 5 aromatic rings. The maximum absolute atomic E-state index is 14.2. The highest BCUT2D eigenvalue weighted by Gasteiger charge is 2.35. The van der Waals surface area contributed by atoms with Gasteiger partial charge in [0.05, 0.1) is 13.2 Å². The second-order valence-electron chi connectivity index (χ2n) is 9.43. The number of hydrogen-bond acceptors (Lipinski definition) is 6. The minimum absolute atomic E-state index is 0.0585. The van der Waals surface area contributed by atoms with Gasteiger partial charge in [-0.15, -0.1) is 10.2 Å². The number of nitrogens with zero attached hydrogens (tertiary/aromatic N) is 5. The first-order valence-corrected chi connectivity index (χ1v) is 12.3. The van der Waals surface area contributed by atoms with Crippen molar-refractivity contribution in [1.82, 2.24) is 24.6 Å². The average Bonchev–Trinajstić information content (AvgIpc) is 3.54. The van der Waals surface area contributed by atoms with Gasteiger partial charge in [0.1, 0.15) is 23.2 Å². The summed E-state index contributed by atoms with van der Waals surface area (Å²) in [6.07, 6.45) is -3.10. The molecule has 0 unspecified atom stereocenters. The molecule has 0 atom stereocenters. The number of aryl methyl sites for hydroxylation is 1. The molecule has 1 aliphatic heterocycles. The third-order valence-corrected chi connectivity index (χ3v) is 6.72. The summed E-state index contributed by atoms with van der Waals surface area (Å²) in [5.41, 5.74) is 1.85. The fourth-order valence-corrected chi connectivity index (χ4v) is 4.83. The van der Waals surface area contributed by atoms with Gasteiger partial charge in [0, 0.05) is 37.8 Å². The van der Waals surface area contributed by atoms with Crippen molar-refractivity contribution in [1.29, 1.82) is 0 Å². The number of rotatable bonds is 5. The van der Waals surface area contributed by atoms with Crippen molar-refractivity contribution in [3.63, 3.8) is 0 Å². The average molecular weight is 538 g/mol. The van der Waals surface area contributed by atoms with E-state index in [2.05, 4.69) is 15.2 Å². The van der Waals surface area contributed by atoms with E-state index in [1.807, 2.05) is 11.0 Å². The first-order chi connectivity index (χ1) is 18.8. The van der Waals surface area contributed by atoms with E-state index in [0.717, 1.165) is 6.07 Å². The summed E-state index contributed by atoms with van der Waals surface area (Å²) < 4.78 is 69.1. The summed E-state index contributed by atoms with van der Waals surface area (Å²) >= 11 is 0. The lowest BCUT2D eigenvalue weighted by Gasteiger charge is -2.26. The molecule has 11 heteroatoms. The van der Waals surface area contributed by atoms with Gasteiger partial charge >= 0.3 is 6.18 Å². The van der Waals surface area contributed by atoms with Gasteiger partial charge in [-0.2, -0.15) is 13.2 Å². The lowest BCUT2D eigenvalue weighted by atomic mass is 9.97. The summed E-state index contributed by atoms with van der Waals surface area (Å²) in [6, 6.07) is 14.1. The molecule has 1 aliphatic rings. The molecule has 0 bridgehead atoms. The second-order valence-corrected chi connectivity index (χ2v) is 9.43. The van der Waals surface area contributed by atoms with Crippen LogP contribution in [0.3, 0.4) is 0 Å². The first kappa shape index (κ1) is 25.2. The van der Waals surface area contributed by atoms with Crippen molar-refractivity contribution in [2.24, 2.45) is 7.05 Å². The molecule has 0 amide bonds. The van der Waals surface area contributed by atoms with Gasteiger partial charge in [-0.05, 0) is 53.1 Å². The van der Waals surface area contributed by atoms with Gasteiger partial charge in [0.2, 0.25) is 5.89 Å². The predicted molar refractivity (Wildman–Crippen MR) is 136 cm³/mol. The Morgan fingerprint density at radius 1 is 0.949 bits per heavy atom. The summed E-state index contributed by atoms with van der Waals surface area (Å²) in [6.45, 7) is 2.75. The van der Waals surface area contributed by atoms with Crippen molar-refractivity contribution in [3.8, 4) is 34.0 Å². The van der Waals surface area contributed by atoms with Gasteiger partial charge in [-0.1, -0.05) is 18.2 Å². The number of halogens is 4. The number of benzene rings is 3. The smallest absolute Gasteiger partial charge is 0.420 e. The van der Waals surface area contributed by atoms with Crippen LogP contribution < -0.4 is 0 Å². The van der Waals surface area contributed by atoms with Crippen LogP contribution in [-0.4, -0.2) is 51.0 Å². The Labute approximate surface area is 220 Å². The Bertz CT molecular complexity index is 1650. The molecule has 1 fully saturated rings. The van der Waals surface area contributed by atoms with Crippen LogP contribution >= 0.6 is 0 Å². The zero-order valence-electron chi connectivity index (χ0n) is 20.9. The van der Waals surface area contributed by atoms with Crippen molar-refractivity contribution >= 4 is 11.1 Å². The van der Waals surface area contributed by atoms with E-state index < -0.39 is 17.6 Å². The molecule has 3 heterocycles. The van der Waals surface area contributed by atoms with Crippen LogP contribution in [0.1, 0.15) is 11.1 Å². The van der Waals surface area contributed by atoms with Gasteiger partial charge < -0.3 is 13.7 Å². The van der Waals surface area contributed by atoms with E-state index in [-0.39, 0.29) is 17.0 Å². The monoisotopic (exact) mass is 537 g/mol. The summed E-state index contributed by atoms with van der Waals surface area (Å²) in [5, 5.41) is 7.99. The van der Waals surface area contributed by atoms with Crippen LogP contribution in [-0.2, 0) is 24.5 Å². The minimum Gasteiger partial charge on any atom is -0.435 e. The molecule has 0 aliphatic carbocycles. The highest BCUT2D eigenvalue weighted by Crippen LogP contribution is 2.39. The Morgan fingerprint density at radius 3 is 2.49 bits per heavy atom. The third-order valence-electron chi connectivity index (χ3n) is 6.72. The third kappa shape index (κ3) is 5.02. The highest BCUT2D eigenvalue weighted by molar-refractivity contribution is 5.84. The number of morpholine rings is 1. The van der Waals surface area contributed by atoms with Crippen molar-refractivity contribution in [3.05, 3.63) is 77.9 Å². The zero-order valence-corrected chi connectivity index (χ0v) is 20.9. The quantitative estimate of drug-likeness (QED) is 0.258. The maximum atomic E-state index is 14.2. The maximum Gasteiger partial charge on any atom is 0.420 e. The van der Waals surface area contributed by atoms with Crippen molar-refractivity contribution in [2.75, 3.05) is 26.3 Å². The summed E-state index contributed by atoms with van der Waals surface area (Å²) in [4.78, 5) is 6.50. The van der Waals surface area contributed by atoms with Crippen molar-refractivity contribution in [2.45, 2.75) is 12.7 Å². The van der Waals surface area contributed by atoms with Crippen LogP contribution in [0.25, 0.3) is 45.1 Å². The van der Waals surface area contributed by atoms with E-state index in [0.29, 0.717) is 66.5 Å². The van der Waals surface area contributed by atoms with Crippen molar-refractivity contribution < 1.29 is 26.7 Å². The first-order valence-electron chi connectivity index (χ1n) is 12.3. The molecule has 0 N–H and O–H groups in total. The molecule has 2 aromatic heterocycles. The molecule has 0 saturated carbocycles. The molecule has 6 rings (SSSR count). The largest absolute Gasteiger partial charge is 0.435 e. The van der Waals surface area contributed by atoms with Gasteiger partial charge in [0.15, 0.2) is 11.4 Å². The van der Waals surface area contributed by atoms with Crippen LogP contribution in [0, 0.1) is 5.82 Å². The predicted octanol–water partition coefficient (Wildman–Crippen LogP) is 5.95. The number of aromatic nitrogens is 4. The van der Waals surface area contributed by atoms with E-state index in [1.54, 1.807) is 41.9 Å². The number of alkyl halides is 3. The molecule has 0 radical (unpaired) electrons. The van der Waals surface area contributed by atoms with Crippen LogP contribution in [0.5, 0.6) is 0 Å². The topological polar surface area (TPSA) is 69.2 Å². The van der Waals surface area contributed by atoms with Crippen LogP contribution in [0.2, 0.25) is 0 Å². The van der Waals surface area contributed by atoms with Gasteiger partial charge in [0.25, 0.3) is 0 Å². The van der Waals surface area contributed by atoms with E-state index in [1.165, 1.54) is 18.5 Å². The number of fused-ring (bicyclic) bond motifs is 1. The molecular formula is C28H23F4N5O2. The Morgan fingerprint density at radius 2 is 1.74 bits per heavy atom. The zero-order chi connectivity index (χ0) is 27.1. The van der Waals surface area contributed by atoms with Gasteiger partial charge in [-0.3, -0.25) is 4.90 Å². The molecule has 0 spiro atoms. The molecule has 200 valence electrons.